The van der Waals surface area contributed by atoms with Gasteiger partial charge in [0.1, 0.15) is 0 Å². The van der Waals surface area contributed by atoms with Gasteiger partial charge in [0, 0.05) is 13.1 Å². The van der Waals surface area contributed by atoms with Gasteiger partial charge in [0.2, 0.25) is 0 Å². The molecule has 0 aromatic heterocycles. The zero-order valence-electron chi connectivity index (χ0n) is 15.8. The van der Waals surface area contributed by atoms with Crippen LogP contribution in [-0.2, 0) is 0 Å². The molecule has 4 aliphatic carbocycles. The molecule has 0 bridgehead atoms. The second-order valence-corrected chi connectivity index (χ2v) is 9.60. The number of hydrogen-bond acceptors (Lipinski definition) is 1. The average molecular weight is 328 g/mol. The van der Waals surface area contributed by atoms with Crippen LogP contribution in [0.5, 0.6) is 0 Å². The van der Waals surface area contributed by atoms with Crippen molar-refractivity contribution in [1.82, 2.24) is 4.90 Å². The van der Waals surface area contributed by atoms with E-state index in [0.717, 1.165) is 35.5 Å². The Bertz CT molecular complexity index is 450. The van der Waals surface area contributed by atoms with Crippen molar-refractivity contribution in [3.8, 4) is 0 Å². The van der Waals surface area contributed by atoms with Crippen LogP contribution in [0.2, 0.25) is 0 Å². The van der Waals surface area contributed by atoms with Gasteiger partial charge in [0.15, 0.2) is 0 Å². The number of nitrogens with zero attached hydrogens (tertiary/aromatic N) is 1. The lowest BCUT2D eigenvalue weighted by molar-refractivity contribution is 0.158. The Labute approximate surface area is 149 Å². The Morgan fingerprint density at radius 1 is 0.792 bits per heavy atom. The lowest BCUT2D eigenvalue weighted by Gasteiger charge is -2.32. The van der Waals surface area contributed by atoms with Crippen molar-refractivity contribution in [1.29, 1.82) is 0 Å². The van der Waals surface area contributed by atoms with Crippen LogP contribution in [0.3, 0.4) is 0 Å². The van der Waals surface area contributed by atoms with Gasteiger partial charge in [0.25, 0.3) is 0 Å². The zero-order chi connectivity index (χ0) is 16.7. The minimum Gasteiger partial charge on any atom is -0.303 e. The van der Waals surface area contributed by atoms with E-state index in [0.29, 0.717) is 0 Å². The molecule has 4 rings (SSSR count). The summed E-state index contributed by atoms with van der Waals surface area (Å²) in [5.41, 5.74) is 3.08. The van der Waals surface area contributed by atoms with E-state index in [1.807, 2.05) is 0 Å². The molecule has 0 N–H and O–H groups in total. The van der Waals surface area contributed by atoms with E-state index in [2.05, 4.69) is 25.0 Å². The van der Waals surface area contributed by atoms with Gasteiger partial charge in [0.05, 0.1) is 0 Å². The first-order chi connectivity index (χ1) is 11.6. The molecule has 0 aromatic rings. The van der Waals surface area contributed by atoms with Crippen molar-refractivity contribution in [3.05, 3.63) is 24.3 Å². The number of rotatable bonds is 6. The highest BCUT2D eigenvalue weighted by Gasteiger charge is 2.43. The highest BCUT2D eigenvalue weighted by molar-refractivity contribution is 5.11. The van der Waals surface area contributed by atoms with Crippen LogP contribution in [0, 0.1) is 35.5 Å². The lowest BCUT2D eigenvalue weighted by Crippen LogP contribution is -2.37. The van der Waals surface area contributed by atoms with E-state index in [-0.39, 0.29) is 0 Å². The molecule has 1 nitrogen and oxygen atoms in total. The zero-order valence-corrected chi connectivity index (χ0v) is 15.8. The molecular formula is C23H37N. The quantitative estimate of drug-likeness (QED) is 0.567. The van der Waals surface area contributed by atoms with E-state index < -0.39 is 0 Å². The van der Waals surface area contributed by atoms with Crippen molar-refractivity contribution < 1.29 is 0 Å². The van der Waals surface area contributed by atoms with Crippen LogP contribution in [-0.4, -0.2) is 24.5 Å². The Morgan fingerprint density at radius 2 is 1.29 bits per heavy atom. The minimum absolute atomic E-state index is 0.955. The normalized spacial score (nSPS) is 41.4. The summed E-state index contributed by atoms with van der Waals surface area (Å²) < 4.78 is 0. The molecule has 4 aliphatic rings. The monoisotopic (exact) mass is 327 g/mol. The molecule has 0 spiro atoms. The molecule has 0 amide bonds. The molecule has 134 valence electrons. The highest BCUT2D eigenvalue weighted by Crippen LogP contribution is 2.51. The maximum atomic E-state index is 4.29. The number of hydrogen-bond donors (Lipinski definition) is 0. The van der Waals surface area contributed by atoms with Crippen molar-refractivity contribution in [3.63, 3.8) is 0 Å². The van der Waals surface area contributed by atoms with Crippen LogP contribution >= 0.6 is 0 Å². The van der Waals surface area contributed by atoms with E-state index in [4.69, 9.17) is 0 Å². The summed E-state index contributed by atoms with van der Waals surface area (Å²) in [7, 11) is 0. The Balaban J connectivity index is 1.36. The highest BCUT2D eigenvalue weighted by atomic mass is 15.1. The fourth-order valence-electron chi connectivity index (χ4n) is 6.92. The van der Waals surface area contributed by atoms with Crippen LogP contribution in [0.4, 0.5) is 0 Å². The molecule has 24 heavy (non-hydrogen) atoms. The first-order valence-corrected chi connectivity index (χ1v) is 10.7. The molecule has 4 saturated carbocycles. The van der Waals surface area contributed by atoms with Crippen molar-refractivity contribution in [2.75, 3.05) is 19.6 Å². The van der Waals surface area contributed by atoms with E-state index in [9.17, 15) is 0 Å². The molecule has 6 atom stereocenters. The van der Waals surface area contributed by atoms with Gasteiger partial charge >= 0.3 is 0 Å². The summed E-state index contributed by atoms with van der Waals surface area (Å²) in [6.07, 6.45) is 12.6. The van der Waals surface area contributed by atoms with Gasteiger partial charge in [-0.05, 0) is 99.8 Å². The van der Waals surface area contributed by atoms with E-state index in [1.54, 1.807) is 11.1 Å². The molecule has 4 fully saturated rings. The first-order valence-electron chi connectivity index (χ1n) is 10.7. The predicted octanol–water partition coefficient (Wildman–Crippen LogP) is 5.68. The molecule has 0 saturated heterocycles. The number of fused-ring (bicyclic) bond motifs is 2. The standard InChI is InChI=1S/C23H37N/c1-4-9-24(14-20-7-5-18-10-16(2)12-22(18)20)15-21-8-6-19-11-17(3)13-23(19)21/h18-23H,2-15H2,1H3. The van der Waals surface area contributed by atoms with E-state index >= 15 is 0 Å². The maximum Gasteiger partial charge on any atom is 0.00126 e. The summed E-state index contributed by atoms with van der Waals surface area (Å²) in [4.78, 5) is 2.86. The molecule has 0 aromatic carbocycles. The molecule has 0 aliphatic heterocycles. The summed E-state index contributed by atoms with van der Waals surface area (Å²) in [6, 6.07) is 0. The smallest absolute Gasteiger partial charge is 0.00126 e. The summed E-state index contributed by atoms with van der Waals surface area (Å²) >= 11 is 0. The van der Waals surface area contributed by atoms with Crippen molar-refractivity contribution >= 4 is 0 Å². The van der Waals surface area contributed by atoms with Crippen LogP contribution < -0.4 is 0 Å². The first kappa shape index (κ1) is 16.9. The van der Waals surface area contributed by atoms with Crippen LogP contribution in [0.1, 0.15) is 64.7 Å². The van der Waals surface area contributed by atoms with Gasteiger partial charge in [-0.3, -0.25) is 0 Å². The second kappa shape index (κ2) is 6.98. The van der Waals surface area contributed by atoms with Gasteiger partial charge < -0.3 is 4.90 Å². The summed E-state index contributed by atoms with van der Waals surface area (Å²) in [6.45, 7) is 15.0. The van der Waals surface area contributed by atoms with Gasteiger partial charge in [-0.15, -0.1) is 0 Å². The second-order valence-electron chi connectivity index (χ2n) is 9.60. The fourth-order valence-corrected chi connectivity index (χ4v) is 6.92. The Morgan fingerprint density at radius 3 is 1.75 bits per heavy atom. The average Bonchev–Trinajstić information content (AvgIpc) is 3.24. The molecule has 6 unspecified atom stereocenters. The third-order valence-electron chi connectivity index (χ3n) is 7.91. The largest absolute Gasteiger partial charge is 0.303 e. The Kier molecular flexibility index (Phi) is 4.91. The molecular weight excluding hydrogens is 290 g/mol. The fraction of sp³-hybridized carbons (Fsp3) is 0.826. The molecule has 0 radical (unpaired) electrons. The van der Waals surface area contributed by atoms with Crippen LogP contribution in [0.25, 0.3) is 0 Å². The van der Waals surface area contributed by atoms with Crippen LogP contribution in [0.15, 0.2) is 24.3 Å². The van der Waals surface area contributed by atoms with E-state index in [1.165, 1.54) is 77.4 Å². The van der Waals surface area contributed by atoms with Gasteiger partial charge in [-0.25, -0.2) is 0 Å². The third-order valence-corrected chi connectivity index (χ3v) is 7.91. The third kappa shape index (κ3) is 3.26. The maximum absolute atomic E-state index is 4.29. The number of allylic oxidation sites excluding steroid dienone is 2. The predicted molar refractivity (Wildman–Crippen MR) is 103 cm³/mol. The van der Waals surface area contributed by atoms with Crippen molar-refractivity contribution in [2.24, 2.45) is 35.5 Å². The van der Waals surface area contributed by atoms with Crippen molar-refractivity contribution in [2.45, 2.75) is 64.7 Å². The summed E-state index contributed by atoms with van der Waals surface area (Å²) in [5, 5.41) is 0. The Hall–Kier alpha value is -0.560. The molecule has 1 heteroatoms. The minimum atomic E-state index is 0.955. The SMILES string of the molecule is C=C1CC2CCC(CN(CCC)CC3CCC4CC(=C)CC43)C2C1. The van der Waals surface area contributed by atoms with Gasteiger partial charge in [-0.1, -0.05) is 31.2 Å². The molecule has 0 heterocycles. The lowest BCUT2D eigenvalue weighted by atomic mass is 9.89. The summed E-state index contributed by atoms with van der Waals surface area (Å²) in [5.74, 6) is 5.83. The van der Waals surface area contributed by atoms with Gasteiger partial charge in [-0.2, -0.15) is 0 Å². The topological polar surface area (TPSA) is 3.24 Å².